The van der Waals surface area contributed by atoms with Crippen molar-refractivity contribution in [2.75, 3.05) is 24.6 Å². The minimum absolute atomic E-state index is 0.0717. The average molecular weight is 552 g/mol. The summed E-state index contributed by atoms with van der Waals surface area (Å²) in [5.74, 6) is -2.45. The maximum Gasteiger partial charge on any atom is 0.248 e. The number of anilines is 1. The molecule has 8 nitrogen and oxygen atoms in total. The van der Waals surface area contributed by atoms with Crippen LogP contribution in [-0.4, -0.2) is 81.7 Å². The van der Waals surface area contributed by atoms with Gasteiger partial charge in [-0.25, -0.2) is 0 Å². The zero-order valence-electron chi connectivity index (χ0n) is 24.6. The molecular weight excluding hydrogens is 506 g/mol. The number of para-hydroxylation sites is 1. The number of fused-ring (bicyclic) bond motifs is 1. The highest BCUT2D eigenvalue weighted by Gasteiger charge is 2.80. The molecule has 0 aliphatic carbocycles. The van der Waals surface area contributed by atoms with Crippen molar-refractivity contribution >= 4 is 23.4 Å². The maximum absolute atomic E-state index is 14.5. The molecule has 1 spiro atoms. The number of amides is 3. The summed E-state index contributed by atoms with van der Waals surface area (Å²) in [5.41, 5.74) is -1.39. The number of hydrogen-bond acceptors (Lipinski definition) is 5. The Labute approximate surface area is 238 Å². The van der Waals surface area contributed by atoms with E-state index in [1.807, 2.05) is 51.1 Å². The molecular formula is C32H45N3O5. The van der Waals surface area contributed by atoms with Crippen LogP contribution in [0.5, 0.6) is 0 Å². The second kappa shape index (κ2) is 11.5. The second-order valence-electron chi connectivity index (χ2n) is 12.0. The predicted molar refractivity (Wildman–Crippen MR) is 155 cm³/mol. The van der Waals surface area contributed by atoms with E-state index >= 15 is 0 Å². The zero-order chi connectivity index (χ0) is 29.4. The Balaban J connectivity index is 1.85. The van der Waals surface area contributed by atoms with E-state index in [9.17, 15) is 19.5 Å². The molecule has 218 valence electrons. The van der Waals surface area contributed by atoms with Gasteiger partial charge in [0.15, 0.2) is 0 Å². The third kappa shape index (κ3) is 4.49. The molecule has 3 aliphatic rings. The molecule has 8 heteroatoms. The second-order valence-corrected chi connectivity index (χ2v) is 12.0. The number of rotatable bonds is 12. The van der Waals surface area contributed by atoms with Gasteiger partial charge in [0.2, 0.25) is 17.7 Å². The first-order valence-electron chi connectivity index (χ1n) is 14.6. The van der Waals surface area contributed by atoms with Crippen LogP contribution in [0.4, 0.5) is 5.69 Å². The van der Waals surface area contributed by atoms with Gasteiger partial charge in [-0.15, -0.1) is 13.2 Å². The normalized spacial score (nSPS) is 31.9. The van der Waals surface area contributed by atoms with E-state index in [2.05, 4.69) is 20.1 Å². The SMILES string of the molecule is C=CCN(C(=O)[C@@H]1[C@H]2C(=O)N([C@H](C)CO)C(C(=O)N(CC=C)C(C)CCC)C23CC(C)[C@@]1(C)O3)c1ccccc1. The lowest BCUT2D eigenvalue weighted by molar-refractivity contribution is -0.156. The average Bonchev–Trinajstić information content (AvgIpc) is 3.46. The summed E-state index contributed by atoms with van der Waals surface area (Å²) in [4.78, 5) is 48.3. The minimum Gasteiger partial charge on any atom is -0.394 e. The predicted octanol–water partition coefficient (Wildman–Crippen LogP) is 3.80. The van der Waals surface area contributed by atoms with Gasteiger partial charge < -0.3 is 24.5 Å². The third-order valence-electron chi connectivity index (χ3n) is 9.48. The minimum atomic E-state index is -1.17. The van der Waals surface area contributed by atoms with Gasteiger partial charge in [-0.3, -0.25) is 14.4 Å². The molecule has 1 N–H and O–H groups in total. The van der Waals surface area contributed by atoms with E-state index in [4.69, 9.17) is 4.74 Å². The fourth-order valence-electron chi connectivity index (χ4n) is 7.48. The third-order valence-corrected chi connectivity index (χ3v) is 9.48. The van der Waals surface area contributed by atoms with Gasteiger partial charge in [0, 0.05) is 24.8 Å². The number of nitrogens with zero attached hydrogens (tertiary/aromatic N) is 3. The monoisotopic (exact) mass is 551 g/mol. The van der Waals surface area contributed by atoms with Crippen molar-refractivity contribution in [2.24, 2.45) is 17.8 Å². The summed E-state index contributed by atoms with van der Waals surface area (Å²) in [5, 5.41) is 10.2. The van der Waals surface area contributed by atoms with Crippen molar-refractivity contribution in [1.82, 2.24) is 9.80 Å². The molecule has 1 aromatic rings. The molecule has 3 fully saturated rings. The van der Waals surface area contributed by atoms with E-state index in [-0.39, 0.29) is 42.8 Å². The molecule has 0 saturated carbocycles. The summed E-state index contributed by atoms with van der Waals surface area (Å²) in [6.07, 6.45) is 5.55. The highest BCUT2D eigenvalue weighted by atomic mass is 16.5. The Hall–Kier alpha value is -2.97. The van der Waals surface area contributed by atoms with Crippen LogP contribution in [0, 0.1) is 17.8 Å². The Bertz CT molecular complexity index is 1140. The molecule has 1 aromatic carbocycles. The Morgan fingerprint density at radius 1 is 1.18 bits per heavy atom. The smallest absolute Gasteiger partial charge is 0.248 e. The number of benzene rings is 1. The Morgan fingerprint density at radius 2 is 1.82 bits per heavy atom. The van der Waals surface area contributed by atoms with Gasteiger partial charge in [-0.1, -0.05) is 50.6 Å². The lowest BCUT2D eigenvalue weighted by Crippen LogP contribution is -2.59. The molecule has 3 heterocycles. The molecule has 3 aliphatic heterocycles. The van der Waals surface area contributed by atoms with Crippen LogP contribution < -0.4 is 4.90 Å². The van der Waals surface area contributed by atoms with E-state index in [0.717, 1.165) is 12.8 Å². The Kier molecular flexibility index (Phi) is 8.62. The summed E-state index contributed by atoms with van der Waals surface area (Å²) in [6, 6.07) is 7.72. The lowest BCUT2D eigenvalue weighted by Gasteiger charge is -2.40. The first kappa shape index (κ1) is 30.0. The molecule has 3 saturated heterocycles. The molecule has 3 amide bonds. The van der Waals surface area contributed by atoms with Crippen molar-refractivity contribution in [3.8, 4) is 0 Å². The van der Waals surface area contributed by atoms with E-state index in [1.165, 1.54) is 4.90 Å². The molecule has 8 atom stereocenters. The van der Waals surface area contributed by atoms with Crippen LogP contribution in [0.3, 0.4) is 0 Å². The fraction of sp³-hybridized carbons (Fsp3) is 0.594. The van der Waals surface area contributed by atoms with Crippen molar-refractivity contribution in [3.05, 3.63) is 55.6 Å². The van der Waals surface area contributed by atoms with Gasteiger partial charge in [0.25, 0.3) is 0 Å². The first-order chi connectivity index (χ1) is 19.0. The highest BCUT2D eigenvalue weighted by molar-refractivity contribution is 6.03. The molecule has 2 bridgehead atoms. The number of aliphatic hydroxyl groups is 1. The van der Waals surface area contributed by atoms with Gasteiger partial charge in [-0.05, 0) is 51.7 Å². The van der Waals surface area contributed by atoms with Crippen LogP contribution in [0.15, 0.2) is 55.6 Å². The summed E-state index contributed by atoms with van der Waals surface area (Å²) >= 11 is 0. The van der Waals surface area contributed by atoms with Gasteiger partial charge in [-0.2, -0.15) is 0 Å². The zero-order valence-corrected chi connectivity index (χ0v) is 24.6. The fourth-order valence-corrected chi connectivity index (χ4v) is 7.48. The number of hydrogen-bond donors (Lipinski definition) is 1. The summed E-state index contributed by atoms with van der Waals surface area (Å²) < 4.78 is 6.89. The van der Waals surface area contributed by atoms with Crippen molar-refractivity contribution < 1.29 is 24.2 Å². The number of likely N-dealkylation sites (tertiary alicyclic amines) is 1. The Morgan fingerprint density at radius 3 is 2.40 bits per heavy atom. The summed E-state index contributed by atoms with van der Waals surface area (Å²) in [7, 11) is 0. The first-order valence-corrected chi connectivity index (χ1v) is 14.6. The van der Waals surface area contributed by atoms with Gasteiger partial charge in [0.1, 0.15) is 11.6 Å². The highest BCUT2D eigenvalue weighted by Crippen LogP contribution is 2.66. The summed E-state index contributed by atoms with van der Waals surface area (Å²) in [6.45, 7) is 17.8. The van der Waals surface area contributed by atoms with Crippen LogP contribution >= 0.6 is 0 Å². The number of carbonyl (C=O) groups excluding carboxylic acids is 3. The number of ether oxygens (including phenoxy) is 1. The molecule has 0 radical (unpaired) electrons. The van der Waals surface area contributed by atoms with Crippen LogP contribution in [0.2, 0.25) is 0 Å². The van der Waals surface area contributed by atoms with Crippen LogP contribution in [0.25, 0.3) is 0 Å². The van der Waals surface area contributed by atoms with E-state index in [1.54, 1.807) is 28.9 Å². The van der Waals surface area contributed by atoms with Crippen molar-refractivity contribution in [3.63, 3.8) is 0 Å². The topological polar surface area (TPSA) is 90.4 Å². The van der Waals surface area contributed by atoms with E-state index in [0.29, 0.717) is 18.7 Å². The molecule has 4 rings (SSSR count). The lowest BCUT2D eigenvalue weighted by atomic mass is 9.62. The molecule has 0 aromatic heterocycles. The van der Waals surface area contributed by atoms with E-state index < -0.39 is 35.1 Å². The van der Waals surface area contributed by atoms with Crippen LogP contribution in [0.1, 0.15) is 53.9 Å². The van der Waals surface area contributed by atoms with Crippen molar-refractivity contribution in [1.29, 1.82) is 0 Å². The maximum atomic E-state index is 14.5. The van der Waals surface area contributed by atoms with Crippen LogP contribution in [-0.2, 0) is 19.1 Å². The van der Waals surface area contributed by atoms with Gasteiger partial charge >= 0.3 is 0 Å². The molecule has 40 heavy (non-hydrogen) atoms. The number of carbonyl (C=O) groups is 3. The standard InChI is InChI=1S/C32H45N3O5/c1-8-14-22(5)33(17-9-2)30(39)27-32-19-21(4)31(7,40-32)25(26(32)29(38)35(27)23(6)20-36)28(37)34(18-10-3)24-15-12-11-13-16-24/h9-13,15-16,21-23,25-27,36H,2-3,8,14,17-20H2,1,4-7H3/t21?,22?,23-,25+,26+,27?,31-,32?/m1/s1. The quantitative estimate of drug-likeness (QED) is 0.399. The number of aliphatic hydroxyl groups excluding tert-OH is 1. The van der Waals surface area contributed by atoms with Crippen molar-refractivity contribution in [2.45, 2.75) is 83.2 Å². The largest absolute Gasteiger partial charge is 0.394 e. The van der Waals surface area contributed by atoms with Gasteiger partial charge in [0.05, 0.1) is 30.1 Å². The molecule has 4 unspecified atom stereocenters.